The third-order valence-electron chi connectivity index (χ3n) is 3.04. The number of nitrogens with one attached hydrogen (secondary N) is 2. The van der Waals surface area contributed by atoms with E-state index in [-0.39, 0.29) is 6.54 Å². The van der Waals surface area contributed by atoms with Crippen molar-refractivity contribution in [2.75, 3.05) is 25.9 Å². The van der Waals surface area contributed by atoms with Gasteiger partial charge in [0.2, 0.25) is 0 Å². The van der Waals surface area contributed by atoms with Crippen molar-refractivity contribution < 1.29 is 8.42 Å². The molecule has 0 aromatic heterocycles. The summed E-state index contributed by atoms with van der Waals surface area (Å²) in [6.45, 7) is 9.44. The predicted molar refractivity (Wildman–Crippen MR) is 82.4 cm³/mol. The molecule has 6 heteroatoms. The summed E-state index contributed by atoms with van der Waals surface area (Å²) in [4.78, 5) is 4.36. The van der Waals surface area contributed by atoms with Crippen molar-refractivity contribution >= 4 is 15.8 Å². The molecule has 0 spiro atoms. The normalized spacial score (nSPS) is 13.4. The lowest BCUT2D eigenvalue weighted by Gasteiger charge is -2.21. The Kier molecular flexibility index (Phi) is 8.06. The van der Waals surface area contributed by atoms with Crippen LogP contribution in [0.15, 0.2) is 4.99 Å². The average Bonchev–Trinajstić information content (AvgIpc) is 2.30. The minimum atomic E-state index is -3.10. The van der Waals surface area contributed by atoms with Gasteiger partial charge in [-0.3, -0.25) is 4.99 Å². The van der Waals surface area contributed by atoms with Crippen molar-refractivity contribution in [2.45, 2.75) is 51.7 Å². The van der Waals surface area contributed by atoms with Crippen LogP contribution in [0.3, 0.4) is 0 Å². The topological polar surface area (TPSA) is 70.6 Å². The number of sulfone groups is 1. The minimum absolute atomic E-state index is 0.259. The van der Waals surface area contributed by atoms with Crippen LogP contribution in [-0.2, 0) is 9.84 Å². The monoisotopic (exact) mass is 291 g/mol. The van der Waals surface area contributed by atoms with Gasteiger partial charge < -0.3 is 10.6 Å². The van der Waals surface area contributed by atoms with Gasteiger partial charge in [-0.15, -0.1) is 0 Å². The average molecular weight is 291 g/mol. The fraction of sp³-hybridized carbons (Fsp3) is 0.923. The molecule has 0 unspecified atom stereocenters. The van der Waals surface area contributed by atoms with Gasteiger partial charge in [0.1, 0.15) is 0 Å². The van der Waals surface area contributed by atoms with Crippen LogP contribution in [0.4, 0.5) is 0 Å². The molecule has 0 atom stereocenters. The van der Waals surface area contributed by atoms with Gasteiger partial charge in [0.25, 0.3) is 0 Å². The van der Waals surface area contributed by atoms with Gasteiger partial charge >= 0.3 is 0 Å². The number of aliphatic imine (C=N–C) groups is 1. The highest BCUT2D eigenvalue weighted by Crippen LogP contribution is 2.14. The van der Waals surface area contributed by atoms with E-state index in [9.17, 15) is 8.42 Å². The largest absolute Gasteiger partial charge is 0.357 e. The number of rotatable bonds is 8. The molecule has 0 radical (unpaired) electrons. The number of nitrogens with zero attached hydrogens (tertiary/aromatic N) is 1. The number of hydrogen-bond acceptors (Lipinski definition) is 3. The van der Waals surface area contributed by atoms with Crippen LogP contribution < -0.4 is 10.6 Å². The molecule has 0 aliphatic carbocycles. The lowest BCUT2D eigenvalue weighted by molar-refractivity contribution is 0.554. The number of hydrogen-bond donors (Lipinski definition) is 2. The first-order valence-corrected chi connectivity index (χ1v) is 8.85. The van der Waals surface area contributed by atoms with Gasteiger partial charge in [0.15, 0.2) is 15.8 Å². The third kappa shape index (κ3) is 7.40. The van der Waals surface area contributed by atoms with Crippen LogP contribution in [-0.4, -0.2) is 45.0 Å². The molecule has 114 valence electrons. The van der Waals surface area contributed by atoms with Crippen LogP contribution in [0.5, 0.6) is 0 Å². The molecule has 0 fully saturated rings. The van der Waals surface area contributed by atoms with Crippen LogP contribution >= 0.6 is 0 Å². The van der Waals surface area contributed by atoms with Crippen molar-refractivity contribution in [3.05, 3.63) is 0 Å². The van der Waals surface area contributed by atoms with Crippen LogP contribution in [0.2, 0.25) is 0 Å². The van der Waals surface area contributed by atoms with Crippen molar-refractivity contribution in [2.24, 2.45) is 4.99 Å². The Morgan fingerprint density at radius 2 is 1.79 bits per heavy atom. The Hall–Kier alpha value is -0.780. The van der Waals surface area contributed by atoms with E-state index in [1.165, 1.54) is 19.1 Å². The van der Waals surface area contributed by atoms with Crippen molar-refractivity contribution in [3.8, 4) is 0 Å². The molecule has 0 aromatic carbocycles. The maximum Gasteiger partial charge on any atom is 0.191 e. The summed E-state index contributed by atoms with van der Waals surface area (Å²) in [7, 11) is -3.10. The summed E-state index contributed by atoms with van der Waals surface area (Å²) in [5, 5.41) is 6.35. The van der Waals surface area contributed by atoms with E-state index in [4.69, 9.17) is 0 Å². The van der Waals surface area contributed by atoms with Gasteiger partial charge in [0.05, 0.1) is 11.3 Å². The second-order valence-electron chi connectivity index (χ2n) is 5.36. The van der Waals surface area contributed by atoms with Crippen molar-refractivity contribution in [1.82, 2.24) is 10.6 Å². The lowest BCUT2D eigenvalue weighted by atomic mass is 10.2. The second-order valence-corrected chi connectivity index (χ2v) is 8.01. The molecular formula is C13H29N3O2S. The quantitative estimate of drug-likeness (QED) is 0.404. The molecule has 0 aliphatic rings. The Morgan fingerprint density at radius 1 is 1.16 bits per heavy atom. The summed E-state index contributed by atoms with van der Waals surface area (Å²) >= 11 is 0. The van der Waals surface area contributed by atoms with E-state index in [1.807, 2.05) is 6.92 Å². The Bertz CT molecular complexity index is 375. The molecule has 0 aliphatic heterocycles. The maximum absolute atomic E-state index is 11.6. The summed E-state index contributed by atoms with van der Waals surface area (Å²) < 4.78 is 22.4. The molecule has 0 aromatic rings. The third-order valence-corrected chi connectivity index (χ3v) is 5.18. The van der Waals surface area contributed by atoms with Crippen LogP contribution in [0, 0.1) is 0 Å². The molecule has 0 bridgehead atoms. The van der Waals surface area contributed by atoms with Gasteiger partial charge in [-0.2, -0.15) is 0 Å². The van der Waals surface area contributed by atoms with Crippen molar-refractivity contribution in [1.29, 1.82) is 0 Å². The number of unbranched alkanes of at least 4 members (excludes halogenated alkanes) is 2. The molecule has 0 saturated heterocycles. The first-order valence-electron chi connectivity index (χ1n) is 6.96. The molecule has 0 rings (SSSR count). The maximum atomic E-state index is 11.6. The zero-order valence-electron chi connectivity index (χ0n) is 12.9. The minimum Gasteiger partial charge on any atom is -0.357 e. The molecule has 0 amide bonds. The first kappa shape index (κ1) is 18.2. The smallest absolute Gasteiger partial charge is 0.191 e. The number of guanidine groups is 1. The summed E-state index contributed by atoms with van der Waals surface area (Å²) in [6, 6.07) is 0. The second kappa shape index (κ2) is 8.40. The highest BCUT2D eigenvalue weighted by Gasteiger charge is 2.29. The first-order chi connectivity index (χ1) is 8.74. The summed E-state index contributed by atoms with van der Waals surface area (Å²) in [5.41, 5.74) is 0. The summed E-state index contributed by atoms with van der Waals surface area (Å²) in [5.74, 6) is 0.690. The van der Waals surface area contributed by atoms with E-state index in [1.54, 1.807) is 13.8 Å². The fourth-order valence-corrected chi connectivity index (χ4v) is 1.61. The summed E-state index contributed by atoms with van der Waals surface area (Å²) in [6.07, 6.45) is 4.71. The standard InChI is InChI=1S/C13H29N3O2S/c1-6-8-9-10-15-12(14-7-2)16-11-13(3,4)19(5,17)18/h6-11H2,1-5H3,(H2,14,15,16). The fourth-order valence-electron chi connectivity index (χ4n) is 1.31. The van der Waals surface area contributed by atoms with Gasteiger partial charge in [-0.25, -0.2) is 8.42 Å². The molecule has 0 saturated carbocycles. The highest BCUT2D eigenvalue weighted by atomic mass is 32.2. The van der Waals surface area contributed by atoms with Crippen LogP contribution in [0.25, 0.3) is 0 Å². The van der Waals surface area contributed by atoms with E-state index < -0.39 is 14.6 Å². The van der Waals surface area contributed by atoms with E-state index in [0.717, 1.165) is 19.5 Å². The Balaban J connectivity index is 4.49. The van der Waals surface area contributed by atoms with E-state index >= 15 is 0 Å². The van der Waals surface area contributed by atoms with Gasteiger partial charge in [-0.1, -0.05) is 19.8 Å². The van der Waals surface area contributed by atoms with Crippen molar-refractivity contribution in [3.63, 3.8) is 0 Å². The Labute approximate surface area is 118 Å². The SMILES string of the molecule is CCCCCNC(=NCC(C)(C)S(C)(=O)=O)NCC. The molecular weight excluding hydrogens is 262 g/mol. The van der Waals surface area contributed by atoms with Gasteiger partial charge in [0, 0.05) is 19.3 Å². The molecule has 19 heavy (non-hydrogen) atoms. The molecule has 0 heterocycles. The highest BCUT2D eigenvalue weighted by molar-refractivity contribution is 7.92. The van der Waals surface area contributed by atoms with Crippen LogP contribution in [0.1, 0.15) is 47.0 Å². The Morgan fingerprint density at radius 3 is 2.26 bits per heavy atom. The molecule has 5 nitrogen and oxygen atoms in total. The van der Waals surface area contributed by atoms with Gasteiger partial charge in [-0.05, 0) is 27.2 Å². The zero-order valence-corrected chi connectivity index (χ0v) is 13.7. The zero-order chi connectivity index (χ0) is 14.9. The van der Waals surface area contributed by atoms with E-state index in [2.05, 4.69) is 22.5 Å². The lowest BCUT2D eigenvalue weighted by Crippen LogP contribution is -2.40. The predicted octanol–water partition coefficient (Wildman–Crippen LogP) is 1.55. The molecule has 2 N–H and O–H groups in total. The van der Waals surface area contributed by atoms with E-state index in [0.29, 0.717) is 5.96 Å².